The second-order valence-corrected chi connectivity index (χ2v) is 4.05. The van der Waals surface area contributed by atoms with Gasteiger partial charge in [-0.15, -0.1) is 0 Å². The van der Waals surface area contributed by atoms with E-state index in [0.717, 1.165) is 25.9 Å². The van der Waals surface area contributed by atoms with E-state index >= 15 is 0 Å². The third-order valence-corrected chi connectivity index (χ3v) is 2.93. The molecule has 0 radical (unpaired) electrons. The summed E-state index contributed by atoms with van der Waals surface area (Å²) in [5.41, 5.74) is -0.624. The van der Waals surface area contributed by atoms with Crippen molar-refractivity contribution in [2.24, 2.45) is 0 Å². The molecule has 0 bridgehead atoms. The van der Waals surface area contributed by atoms with Gasteiger partial charge in [-0.2, -0.15) is 0 Å². The Kier molecular flexibility index (Phi) is 2.73. The zero-order chi connectivity index (χ0) is 10.8. The third kappa shape index (κ3) is 2.18. The van der Waals surface area contributed by atoms with Crippen LogP contribution in [0.4, 0.5) is 0 Å². The van der Waals surface area contributed by atoms with Crippen LogP contribution in [0.1, 0.15) is 18.9 Å². The van der Waals surface area contributed by atoms with Crippen LogP contribution in [0.15, 0.2) is 21.9 Å². The minimum absolute atomic E-state index is 0.227. The van der Waals surface area contributed by atoms with Gasteiger partial charge in [0, 0.05) is 18.3 Å². The van der Waals surface area contributed by atoms with Crippen molar-refractivity contribution < 1.29 is 0 Å². The average molecular weight is 209 g/mol. The van der Waals surface area contributed by atoms with Crippen molar-refractivity contribution >= 4 is 0 Å². The molecule has 1 aromatic rings. The van der Waals surface area contributed by atoms with Crippen molar-refractivity contribution in [2.75, 3.05) is 20.1 Å². The molecule has 0 unspecified atom stereocenters. The van der Waals surface area contributed by atoms with Crippen LogP contribution in [0.5, 0.6) is 0 Å². The highest BCUT2D eigenvalue weighted by atomic mass is 16.2. The molecule has 0 saturated carbocycles. The van der Waals surface area contributed by atoms with Crippen molar-refractivity contribution in [1.82, 2.24) is 14.5 Å². The van der Waals surface area contributed by atoms with Crippen LogP contribution < -0.4 is 11.2 Å². The Bertz CT molecular complexity index is 440. The second kappa shape index (κ2) is 4.02. The van der Waals surface area contributed by atoms with Crippen LogP contribution in [0.25, 0.3) is 0 Å². The lowest BCUT2D eigenvalue weighted by molar-refractivity contribution is 0.217. The molecule has 0 aromatic carbocycles. The molecule has 1 aliphatic heterocycles. The lowest BCUT2D eigenvalue weighted by atomic mass is 10.1. The smallest absolute Gasteiger partial charge is 0.306 e. The number of likely N-dealkylation sites (tertiary alicyclic amines) is 1. The molecule has 5 nitrogen and oxygen atoms in total. The van der Waals surface area contributed by atoms with Crippen LogP contribution >= 0.6 is 0 Å². The SMILES string of the molecule is CN1CCC(n2ccc(=O)[nH]c2=O)CC1. The summed E-state index contributed by atoms with van der Waals surface area (Å²) in [4.78, 5) is 26.9. The zero-order valence-corrected chi connectivity index (χ0v) is 8.77. The van der Waals surface area contributed by atoms with Crippen LogP contribution in [-0.2, 0) is 0 Å². The van der Waals surface area contributed by atoms with Gasteiger partial charge in [-0.05, 0) is 33.0 Å². The van der Waals surface area contributed by atoms with Gasteiger partial charge in [-0.25, -0.2) is 4.79 Å². The Morgan fingerprint density at radius 1 is 1.33 bits per heavy atom. The lowest BCUT2D eigenvalue weighted by Gasteiger charge is -2.29. The maximum Gasteiger partial charge on any atom is 0.328 e. The first kappa shape index (κ1) is 10.2. The Morgan fingerprint density at radius 2 is 2.00 bits per heavy atom. The van der Waals surface area contributed by atoms with E-state index in [0.29, 0.717) is 0 Å². The van der Waals surface area contributed by atoms with Gasteiger partial charge in [-0.1, -0.05) is 0 Å². The molecular weight excluding hydrogens is 194 g/mol. The lowest BCUT2D eigenvalue weighted by Crippen LogP contribution is -2.37. The van der Waals surface area contributed by atoms with E-state index in [9.17, 15) is 9.59 Å². The van der Waals surface area contributed by atoms with E-state index < -0.39 is 0 Å². The first-order chi connectivity index (χ1) is 7.16. The topological polar surface area (TPSA) is 58.1 Å². The largest absolute Gasteiger partial charge is 0.328 e. The molecule has 0 atom stereocenters. The van der Waals surface area contributed by atoms with Crippen molar-refractivity contribution in [1.29, 1.82) is 0 Å². The number of hydrogen-bond donors (Lipinski definition) is 1. The Hall–Kier alpha value is -1.36. The Balaban J connectivity index is 2.23. The summed E-state index contributed by atoms with van der Waals surface area (Å²) in [6, 6.07) is 1.63. The number of rotatable bonds is 1. The van der Waals surface area contributed by atoms with Gasteiger partial charge < -0.3 is 4.90 Å². The summed E-state index contributed by atoms with van der Waals surface area (Å²) in [6.07, 6.45) is 3.52. The molecule has 1 N–H and O–H groups in total. The van der Waals surface area contributed by atoms with Crippen molar-refractivity contribution in [3.8, 4) is 0 Å². The second-order valence-electron chi connectivity index (χ2n) is 4.05. The number of hydrogen-bond acceptors (Lipinski definition) is 3. The summed E-state index contributed by atoms with van der Waals surface area (Å²) < 4.78 is 1.63. The maximum absolute atomic E-state index is 11.5. The third-order valence-electron chi connectivity index (χ3n) is 2.93. The van der Waals surface area contributed by atoms with Gasteiger partial charge in [0.2, 0.25) is 0 Å². The van der Waals surface area contributed by atoms with E-state index in [1.165, 1.54) is 6.07 Å². The molecule has 0 amide bonds. The van der Waals surface area contributed by atoms with Crippen LogP contribution in [0, 0.1) is 0 Å². The van der Waals surface area contributed by atoms with Gasteiger partial charge >= 0.3 is 5.69 Å². The summed E-state index contributed by atoms with van der Waals surface area (Å²) >= 11 is 0. The van der Waals surface area contributed by atoms with Gasteiger partial charge in [0.05, 0.1) is 0 Å². The van der Waals surface area contributed by atoms with Gasteiger partial charge in [-0.3, -0.25) is 14.3 Å². The Morgan fingerprint density at radius 3 is 2.60 bits per heavy atom. The molecule has 1 fully saturated rings. The maximum atomic E-state index is 11.5. The fraction of sp³-hybridized carbons (Fsp3) is 0.600. The molecule has 82 valence electrons. The summed E-state index contributed by atoms with van der Waals surface area (Å²) in [7, 11) is 2.08. The minimum Gasteiger partial charge on any atom is -0.306 e. The molecule has 1 aliphatic rings. The number of aromatic amines is 1. The molecule has 1 saturated heterocycles. The quantitative estimate of drug-likeness (QED) is 0.697. The first-order valence-electron chi connectivity index (χ1n) is 5.17. The normalized spacial score (nSPS) is 19.3. The van der Waals surface area contributed by atoms with Crippen LogP contribution in [0.2, 0.25) is 0 Å². The molecule has 0 aliphatic carbocycles. The molecule has 15 heavy (non-hydrogen) atoms. The number of piperidine rings is 1. The van der Waals surface area contributed by atoms with E-state index in [1.807, 2.05) is 0 Å². The number of aromatic nitrogens is 2. The number of nitrogens with one attached hydrogen (secondary N) is 1. The molecule has 1 aromatic heterocycles. The van der Waals surface area contributed by atoms with Crippen LogP contribution in [0.3, 0.4) is 0 Å². The molecule has 5 heteroatoms. The minimum atomic E-state index is -0.329. The highest BCUT2D eigenvalue weighted by Gasteiger charge is 2.18. The monoisotopic (exact) mass is 209 g/mol. The van der Waals surface area contributed by atoms with Crippen molar-refractivity contribution in [3.05, 3.63) is 33.1 Å². The van der Waals surface area contributed by atoms with E-state index in [1.54, 1.807) is 10.8 Å². The number of H-pyrrole nitrogens is 1. The van der Waals surface area contributed by atoms with Gasteiger partial charge in [0.25, 0.3) is 5.56 Å². The fourth-order valence-electron chi connectivity index (χ4n) is 1.99. The fourth-order valence-corrected chi connectivity index (χ4v) is 1.99. The summed E-state index contributed by atoms with van der Waals surface area (Å²) in [6.45, 7) is 1.99. The highest BCUT2D eigenvalue weighted by Crippen LogP contribution is 2.18. The van der Waals surface area contributed by atoms with Crippen LogP contribution in [-0.4, -0.2) is 34.6 Å². The predicted molar refractivity (Wildman–Crippen MR) is 57.1 cm³/mol. The van der Waals surface area contributed by atoms with E-state index in [4.69, 9.17) is 0 Å². The molecule has 2 rings (SSSR count). The molecular formula is C10H15N3O2. The van der Waals surface area contributed by atoms with Crippen molar-refractivity contribution in [2.45, 2.75) is 18.9 Å². The highest BCUT2D eigenvalue weighted by molar-refractivity contribution is 4.87. The number of nitrogens with zero attached hydrogens (tertiary/aromatic N) is 2. The summed E-state index contributed by atoms with van der Waals surface area (Å²) in [5, 5.41) is 0. The van der Waals surface area contributed by atoms with E-state index in [-0.39, 0.29) is 17.3 Å². The molecule has 0 spiro atoms. The summed E-state index contributed by atoms with van der Waals surface area (Å²) in [5.74, 6) is 0. The predicted octanol–water partition coefficient (Wildman–Crippen LogP) is -0.197. The standard InChI is InChI=1S/C10H15N3O2/c1-12-5-2-8(3-6-12)13-7-4-9(14)11-10(13)15/h4,7-8H,2-3,5-6H2,1H3,(H,11,14,15). The van der Waals surface area contributed by atoms with Gasteiger partial charge in [0.15, 0.2) is 0 Å². The Labute approximate surface area is 87.3 Å². The molecule has 2 heterocycles. The van der Waals surface area contributed by atoms with Gasteiger partial charge in [0.1, 0.15) is 0 Å². The van der Waals surface area contributed by atoms with E-state index in [2.05, 4.69) is 16.9 Å². The average Bonchev–Trinajstić information content (AvgIpc) is 2.20. The zero-order valence-electron chi connectivity index (χ0n) is 8.77. The first-order valence-corrected chi connectivity index (χ1v) is 5.17. The van der Waals surface area contributed by atoms with Crippen molar-refractivity contribution in [3.63, 3.8) is 0 Å².